The third-order valence-electron chi connectivity index (χ3n) is 3.37. The molecule has 1 fully saturated rings. The number of benzene rings is 1. The molecule has 1 aliphatic carbocycles. The van der Waals surface area contributed by atoms with Gasteiger partial charge < -0.3 is 0 Å². The Morgan fingerprint density at radius 1 is 1.39 bits per heavy atom. The molecule has 2 atom stereocenters. The van der Waals surface area contributed by atoms with E-state index in [1.165, 1.54) is 4.90 Å². The predicted molar refractivity (Wildman–Crippen MR) is 73.3 cm³/mol. The summed E-state index contributed by atoms with van der Waals surface area (Å²) >= 11 is 1.76. The van der Waals surface area contributed by atoms with E-state index in [0.717, 1.165) is 25.7 Å². The van der Waals surface area contributed by atoms with E-state index < -0.39 is 0 Å². The molecule has 0 aromatic heterocycles. The van der Waals surface area contributed by atoms with Crippen LogP contribution in [-0.4, -0.2) is 11.0 Å². The lowest BCUT2D eigenvalue weighted by atomic mass is 9.99. The van der Waals surface area contributed by atoms with Gasteiger partial charge in [0.1, 0.15) is 5.78 Å². The first-order valence-corrected chi connectivity index (χ1v) is 7.30. The average Bonchev–Trinajstić information content (AvgIpc) is 2.82. The Morgan fingerprint density at radius 3 is 2.78 bits per heavy atom. The van der Waals surface area contributed by atoms with Crippen molar-refractivity contribution in [3.8, 4) is 6.07 Å². The first kappa shape index (κ1) is 13.2. The summed E-state index contributed by atoms with van der Waals surface area (Å²) in [6.07, 6.45) is 4.08. The SMILES string of the molecule is N#CCCC(Sc1ccccc1)C1CCCC1=O. The minimum Gasteiger partial charge on any atom is -0.299 e. The molecule has 0 heterocycles. The van der Waals surface area contributed by atoms with Gasteiger partial charge in [0, 0.05) is 28.9 Å². The smallest absolute Gasteiger partial charge is 0.137 e. The number of hydrogen-bond donors (Lipinski definition) is 0. The van der Waals surface area contributed by atoms with E-state index in [9.17, 15) is 4.79 Å². The second kappa shape index (κ2) is 6.61. The number of Topliss-reactive ketones (excluding diaryl/α,β-unsaturated/α-hetero) is 1. The molecule has 1 aromatic carbocycles. The van der Waals surface area contributed by atoms with Crippen molar-refractivity contribution in [1.29, 1.82) is 5.26 Å². The molecule has 18 heavy (non-hydrogen) atoms. The van der Waals surface area contributed by atoms with E-state index in [1.54, 1.807) is 11.8 Å². The molecule has 0 aliphatic heterocycles. The summed E-state index contributed by atoms with van der Waals surface area (Å²) in [5, 5.41) is 9.01. The summed E-state index contributed by atoms with van der Waals surface area (Å²) in [5.41, 5.74) is 0. The van der Waals surface area contributed by atoms with E-state index in [2.05, 4.69) is 18.2 Å². The molecule has 0 spiro atoms. The van der Waals surface area contributed by atoms with Crippen LogP contribution in [0.2, 0.25) is 0 Å². The lowest BCUT2D eigenvalue weighted by Crippen LogP contribution is -2.21. The molecule has 0 bridgehead atoms. The van der Waals surface area contributed by atoms with Gasteiger partial charge in [0.2, 0.25) is 0 Å². The van der Waals surface area contributed by atoms with Crippen LogP contribution < -0.4 is 0 Å². The van der Waals surface area contributed by atoms with Crippen molar-refractivity contribution in [2.75, 3.05) is 0 Å². The minimum atomic E-state index is 0.156. The van der Waals surface area contributed by atoms with Crippen molar-refractivity contribution in [3.05, 3.63) is 30.3 Å². The van der Waals surface area contributed by atoms with Crippen LogP contribution in [0.25, 0.3) is 0 Å². The van der Waals surface area contributed by atoms with Crippen molar-refractivity contribution < 1.29 is 4.79 Å². The average molecular weight is 259 g/mol. The Hall–Kier alpha value is -1.27. The van der Waals surface area contributed by atoms with E-state index >= 15 is 0 Å². The fourth-order valence-corrected chi connectivity index (χ4v) is 3.81. The van der Waals surface area contributed by atoms with Crippen molar-refractivity contribution in [3.63, 3.8) is 0 Å². The van der Waals surface area contributed by atoms with Crippen molar-refractivity contribution in [1.82, 2.24) is 0 Å². The number of nitriles is 1. The summed E-state index contributed by atoms with van der Waals surface area (Å²) in [6.45, 7) is 0. The Kier molecular flexibility index (Phi) is 4.83. The van der Waals surface area contributed by atoms with Gasteiger partial charge in [-0.15, -0.1) is 11.8 Å². The standard InChI is InChI=1S/C15H17NOS/c16-11-5-10-15(13-8-4-9-14(13)17)18-12-6-2-1-3-7-12/h1-3,6-7,13,15H,4-5,8-10H2. The molecular weight excluding hydrogens is 242 g/mol. The fourth-order valence-electron chi connectivity index (χ4n) is 2.46. The Labute approximate surface area is 112 Å². The van der Waals surface area contributed by atoms with Crippen LogP contribution in [0.5, 0.6) is 0 Å². The van der Waals surface area contributed by atoms with Crippen LogP contribution in [0.4, 0.5) is 0 Å². The molecule has 0 N–H and O–H groups in total. The van der Waals surface area contributed by atoms with E-state index in [-0.39, 0.29) is 11.2 Å². The monoisotopic (exact) mass is 259 g/mol. The van der Waals surface area contributed by atoms with Gasteiger partial charge in [0.05, 0.1) is 6.07 Å². The molecule has 2 unspecified atom stereocenters. The first-order valence-electron chi connectivity index (χ1n) is 6.42. The zero-order chi connectivity index (χ0) is 12.8. The van der Waals surface area contributed by atoms with Crippen LogP contribution in [0.1, 0.15) is 32.1 Å². The number of carbonyl (C=O) groups excluding carboxylic acids is 1. The third kappa shape index (κ3) is 3.36. The minimum absolute atomic E-state index is 0.156. The molecule has 0 amide bonds. The lowest BCUT2D eigenvalue weighted by molar-refractivity contribution is -0.120. The second-order valence-electron chi connectivity index (χ2n) is 4.63. The molecule has 0 saturated heterocycles. The van der Waals surface area contributed by atoms with Crippen LogP contribution in [0, 0.1) is 17.2 Å². The van der Waals surface area contributed by atoms with Gasteiger partial charge in [0.15, 0.2) is 0 Å². The Bertz CT molecular complexity index is 438. The summed E-state index contributed by atoms with van der Waals surface area (Å²) in [6, 6.07) is 12.4. The second-order valence-corrected chi connectivity index (χ2v) is 5.94. The van der Waals surface area contributed by atoms with Crippen LogP contribution >= 0.6 is 11.8 Å². The molecule has 2 rings (SSSR count). The number of nitrogens with zero attached hydrogens (tertiary/aromatic N) is 1. The van der Waals surface area contributed by atoms with Gasteiger partial charge in [-0.1, -0.05) is 18.2 Å². The number of carbonyl (C=O) groups is 1. The van der Waals surface area contributed by atoms with Crippen LogP contribution in [0.3, 0.4) is 0 Å². The zero-order valence-electron chi connectivity index (χ0n) is 10.3. The highest BCUT2D eigenvalue weighted by Crippen LogP contribution is 2.37. The number of ketones is 1. The predicted octanol–water partition coefficient (Wildman–Crippen LogP) is 3.82. The summed E-state index contributed by atoms with van der Waals surface area (Å²) < 4.78 is 0. The largest absolute Gasteiger partial charge is 0.299 e. The topological polar surface area (TPSA) is 40.9 Å². The van der Waals surface area contributed by atoms with Gasteiger partial charge in [-0.2, -0.15) is 5.26 Å². The highest BCUT2D eigenvalue weighted by molar-refractivity contribution is 8.00. The molecule has 1 aliphatic rings. The molecular formula is C15H17NOS. The molecule has 2 nitrogen and oxygen atoms in total. The summed E-state index contributed by atoms with van der Waals surface area (Å²) in [7, 11) is 0. The molecule has 94 valence electrons. The van der Waals surface area contributed by atoms with Gasteiger partial charge in [0.25, 0.3) is 0 Å². The maximum atomic E-state index is 11.9. The van der Waals surface area contributed by atoms with Crippen molar-refractivity contribution >= 4 is 17.5 Å². The maximum absolute atomic E-state index is 11.9. The molecule has 1 aromatic rings. The van der Waals surface area contributed by atoms with Gasteiger partial charge in [-0.05, 0) is 31.4 Å². The van der Waals surface area contributed by atoms with E-state index in [0.29, 0.717) is 12.2 Å². The Morgan fingerprint density at radius 2 is 2.17 bits per heavy atom. The molecule has 0 radical (unpaired) electrons. The normalized spacial score (nSPS) is 20.6. The number of rotatable bonds is 5. The highest BCUT2D eigenvalue weighted by Gasteiger charge is 2.32. The quantitative estimate of drug-likeness (QED) is 0.755. The highest BCUT2D eigenvalue weighted by atomic mass is 32.2. The zero-order valence-corrected chi connectivity index (χ0v) is 11.2. The van der Waals surface area contributed by atoms with Crippen molar-refractivity contribution in [2.45, 2.75) is 42.2 Å². The van der Waals surface area contributed by atoms with Gasteiger partial charge >= 0.3 is 0 Å². The summed E-state index contributed by atoms with van der Waals surface area (Å²) in [4.78, 5) is 13.1. The fraction of sp³-hybridized carbons (Fsp3) is 0.467. The molecule has 3 heteroatoms. The maximum Gasteiger partial charge on any atom is 0.137 e. The van der Waals surface area contributed by atoms with Gasteiger partial charge in [-0.25, -0.2) is 0 Å². The van der Waals surface area contributed by atoms with E-state index in [4.69, 9.17) is 5.26 Å². The van der Waals surface area contributed by atoms with Crippen LogP contribution in [-0.2, 0) is 4.79 Å². The molecule has 1 saturated carbocycles. The number of thioether (sulfide) groups is 1. The van der Waals surface area contributed by atoms with Crippen LogP contribution in [0.15, 0.2) is 35.2 Å². The van der Waals surface area contributed by atoms with E-state index in [1.807, 2.05) is 18.2 Å². The Balaban J connectivity index is 2.05. The third-order valence-corrected chi connectivity index (χ3v) is 4.78. The van der Waals surface area contributed by atoms with Crippen molar-refractivity contribution in [2.24, 2.45) is 5.92 Å². The van der Waals surface area contributed by atoms with Gasteiger partial charge in [-0.3, -0.25) is 4.79 Å². The summed E-state index contributed by atoms with van der Waals surface area (Å²) in [5.74, 6) is 0.546. The number of hydrogen-bond acceptors (Lipinski definition) is 3. The first-order chi connectivity index (χ1) is 8.81. The lowest BCUT2D eigenvalue weighted by Gasteiger charge is -2.20.